The first-order chi connectivity index (χ1) is 9.70. The Labute approximate surface area is 144 Å². The number of hydrogen-bond acceptors (Lipinski definition) is 3. The molecule has 2 N–H and O–H groups in total. The fraction of sp³-hybridized carbons (Fsp3) is 0.625. The highest BCUT2D eigenvalue weighted by molar-refractivity contribution is 5.85. The monoisotopic (exact) mass is 345 g/mol. The Morgan fingerprint density at radius 2 is 2.05 bits per heavy atom. The SMILES string of the molecule is C[C@H](NC(=O)CC1CC2CCC(C1)N2)c1cccnc1.Cl.Cl. The Morgan fingerprint density at radius 1 is 1.36 bits per heavy atom. The first-order valence-corrected chi connectivity index (χ1v) is 7.66. The van der Waals surface area contributed by atoms with Crippen molar-refractivity contribution in [3.63, 3.8) is 0 Å². The summed E-state index contributed by atoms with van der Waals surface area (Å²) in [5.74, 6) is 0.725. The number of piperidine rings is 1. The lowest BCUT2D eigenvalue weighted by Crippen LogP contribution is -2.40. The number of pyridine rings is 1. The van der Waals surface area contributed by atoms with Gasteiger partial charge in [0.05, 0.1) is 6.04 Å². The van der Waals surface area contributed by atoms with Crippen molar-refractivity contribution in [1.29, 1.82) is 0 Å². The van der Waals surface area contributed by atoms with Crippen LogP contribution in [0, 0.1) is 5.92 Å². The highest BCUT2D eigenvalue weighted by atomic mass is 35.5. The molecule has 3 rings (SSSR count). The van der Waals surface area contributed by atoms with E-state index in [0.29, 0.717) is 24.4 Å². The van der Waals surface area contributed by atoms with Gasteiger partial charge in [-0.2, -0.15) is 0 Å². The molecule has 4 nitrogen and oxygen atoms in total. The molecule has 6 heteroatoms. The summed E-state index contributed by atoms with van der Waals surface area (Å²) >= 11 is 0. The normalized spacial score (nSPS) is 27.2. The van der Waals surface area contributed by atoms with Crippen LogP contribution in [0.5, 0.6) is 0 Å². The minimum absolute atomic E-state index is 0. The standard InChI is InChI=1S/C16H23N3O.2ClH/c1-11(13-3-2-6-17-10-13)18-16(20)9-12-7-14-4-5-15(8-12)19-14;;/h2-3,6,10-12,14-15,19H,4-5,7-9H2,1H3,(H,18,20);2*1H/t11-,12?,14?,15?;;/m0../s1. The van der Waals surface area contributed by atoms with Crippen LogP contribution in [-0.2, 0) is 4.79 Å². The van der Waals surface area contributed by atoms with E-state index in [2.05, 4.69) is 15.6 Å². The molecule has 0 saturated carbocycles. The second-order valence-corrected chi connectivity index (χ2v) is 6.25. The zero-order valence-electron chi connectivity index (χ0n) is 12.8. The Bertz CT molecular complexity index is 460. The molecule has 2 unspecified atom stereocenters. The molecule has 0 aromatic carbocycles. The van der Waals surface area contributed by atoms with Crippen molar-refractivity contribution < 1.29 is 4.79 Å². The van der Waals surface area contributed by atoms with Crippen molar-refractivity contribution in [3.05, 3.63) is 30.1 Å². The van der Waals surface area contributed by atoms with E-state index in [-0.39, 0.29) is 36.8 Å². The molecule has 2 aliphatic rings. The summed E-state index contributed by atoms with van der Waals surface area (Å²) in [6, 6.07) is 5.25. The zero-order chi connectivity index (χ0) is 13.9. The highest BCUT2D eigenvalue weighted by Gasteiger charge is 2.34. The molecule has 124 valence electrons. The number of carbonyl (C=O) groups is 1. The van der Waals surface area contributed by atoms with E-state index in [9.17, 15) is 4.79 Å². The molecule has 0 radical (unpaired) electrons. The first-order valence-electron chi connectivity index (χ1n) is 7.66. The van der Waals surface area contributed by atoms with Gasteiger partial charge in [0.25, 0.3) is 0 Å². The quantitative estimate of drug-likeness (QED) is 0.881. The van der Waals surface area contributed by atoms with E-state index in [1.165, 1.54) is 12.8 Å². The fourth-order valence-corrected chi connectivity index (χ4v) is 3.62. The third kappa shape index (κ3) is 4.83. The second-order valence-electron chi connectivity index (χ2n) is 6.25. The lowest BCUT2D eigenvalue weighted by atomic mass is 9.89. The molecule has 2 bridgehead atoms. The van der Waals surface area contributed by atoms with Gasteiger partial charge in [0.2, 0.25) is 5.91 Å². The number of nitrogens with one attached hydrogen (secondary N) is 2. The first kappa shape index (κ1) is 19.2. The maximum Gasteiger partial charge on any atom is 0.220 e. The van der Waals surface area contributed by atoms with Crippen LogP contribution in [0.2, 0.25) is 0 Å². The molecule has 22 heavy (non-hydrogen) atoms. The van der Waals surface area contributed by atoms with E-state index in [1.54, 1.807) is 6.20 Å². The molecular formula is C16H25Cl2N3O. The lowest BCUT2D eigenvalue weighted by molar-refractivity contribution is -0.122. The molecule has 1 amide bonds. The van der Waals surface area contributed by atoms with E-state index in [0.717, 1.165) is 18.4 Å². The topological polar surface area (TPSA) is 54.0 Å². The average molecular weight is 346 g/mol. The van der Waals surface area contributed by atoms with Gasteiger partial charge in [-0.1, -0.05) is 6.07 Å². The van der Waals surface area contributed by atoms with Gasteiger partial charge in [-0.25, -0.2) is 0 Å². The van der Waals surface area contributed by atoms with Crippen molar-refractivity contribution in [2.45, 2.75) is 57.2 Å². The molecule has 1 aromatic rings. The maximum absolute atomic E-state index is 12.2. The van der Waals surface area contributed by atoms with E-state index < -0.39 is 0 Å². The predicted molar refractivity (Wildman–Crippen MR) is 92.6 cm³/mol. The Balaban J connectivity index is 0.00000121. The predicted octanol–water partition coefficient (Wildman–Crippen LogP) is 3.02. The summed E-state index contributed by atoms with van der Waals surface area (Å²) in [6.07, 6.45) is 9.12. The van der Waals surface area contributed by atoms with Gasteiger partial charge in [0.15, 0.2) is 0 Å². The molecule has 3 heterocycles. The summed E-state index contributed by atoms with van der Waals surface area (Å²) in [7, 11) is 0. The van der Waals surface area contributed by atoms with Crippen LogP contribution >= 0.6 is 24.8 Å². The van der Waals surface area contributed by atoms with Crippen molar-refractivity contribution in [1.82, 2.24) is 15.6 Å². The lowest BCUT2D eigenvalue weighted by Gasteiger charge is -2.29. The van der Waals surface area contributed by atoms with Gasteiger partial charge >= 0.3 is 0 Å². The van der Waals surface area contributed by atoms with Gasteiger partial charge in [0, 0.05) is 30.9 Å². The molecule has 3 atom stereocenters. The van der Waals surface area contributed by atoms with Crippen LogP contribution in [0.3, 0.4) is 0 Å². The minimum atomic E-state index is 0. The van der Waals surface area contributed by atoms with Crippen molar-refractivity contribution >= 4 is 30.7 Å². The van der Waals surface area contributed by atoms with Gasteiger partial charge < -0.3 is 10.6 Å². The molecule has 1 aromatic heterocycles. The van der Waals surface area contributed by atoms with Crippen LogP contribution in [0.1, 0.15) is 50.6 Å². The van der Waals surface area contributed by atoms with Gasteiger partial charge in [0.1, 0.15) is 0 Å². The smallest absolute Gasteiger partial charge is 0.220 e. The third-order valence-corrected chi connectivity index (χ3v) is 4.61. The van der Waals surface area contributed by atoms with Crippen LogP contribution in [0.15, 0.2) is 24.5 Å². The zero-order valence-corrected chi connectivity index (χ0v) is 14.5. The molecule has 0 aliphatic carbocycles. The van der Waals surface area contributed by atoms with Crippen LogP contribution in [-0.4, -0.2) is 23.0 Å². The van der Waals surface area contributed by atoms with Gasteiger partial charge in [-0.15, -0.1) is 24.8 Å². The fourth-order valence-electron chi connectivity index (χ4n) is 3.62. The summed E-state index contributed by atoms with van der Waals surface area (Å²) < 4.78 is 0. The Kier molecular flexibility index (Phi) is 7.60. The van der Waals surface area contributed by atoms with Gasteiger partial charge in [-0.05, 0) is 50.2 Å². The number of amides is 1. The number of hydrogen-bond donors (Lipinski definition) is 2. The molecule has 2 aliphatic heterocycles. The largest absolute Gasteiger partial charge is 0.350 e. The van der Waals surface area contributed by atoms with Crippen LogP contribution in [0.25, 0.3) is 0 Å². The Morgan fingerprint density at radius 3 is 2.64 bits per heavy atom. The number of halogens is 2. The van der Waals surface area contributed by atoms with Crippen LogP contribution < -0.4 is 10.6 Å². The van der Waals surface area contributed by atoms with Crippen LogP contribution in [0.4, 0.5) is 0 Å². The van der Waals surface area contributed by atoms with Crippen molar-refractivity contribution in [2.24, 2.45) is 5.92 Å². The number of carbonyl (C=O) groups excluding carboxylic acids is 1. The summed E-state index contributed by atoms with van der Waals surface area (Å²) in [6.45, 7) is 2.01. The molecule has 0 spiro atoms. The highest BCUT2D eigenvalue weighted by Crippen LogP contribution is 2.32. The maximum atomic E-state index is 12.2. The van der Waals surface area contributed by atoms with E-state index >= 15 is 0 Å². The summed E-state index contributed by atoms with van der Waals surface area (Å²) in [5.41, 5.74) is 1.06. The third-order valence-electron chi connectivity index (χ3n) is 4.61. The summed E-state index contributed by atoms with van der Waals surface area (Å²) in [4.78, 5) is 16.3. The Hall–Kier alpha value is -0.840. The number of aromatic nitrogens is 1. The minimum Gasteiger partial charge on any atom is -0.350 e. The molecule has 2 fully saturated rings. The molecule has 2 saturated heterocycles. The number of nitrogens with zero attached hydrogens (tertiary/aromatic N) is 1. The number of fused-ring (bicyclic) bond motifs is 2. The van der Waals surface area contributed by atoms with Crippen molar-refractivity contribution in [2.75, 3.05) is 0 Å². The molecular weight excluding hydrogens is 321 g/mol. The van der Waals surface area contributed by atoms with Crippen molar-refractivity contribution in [3.8, 4) is 0 Å². The average Bonchev–Trinajstić information content (AvgIpc) is 2.78. The van der Waals surface area contributed by atoms with E-state index in [1.807, 2.05) is 25.3 Å². The van der Waals surface area contributed by atoms with E-state index in [4.69, 9.17) is 0 Å². The second kappa shape index (κ2) is 8.70. The summed E-state index contributed by atoms with van der Waals surface area (Å²) in [5, 5.41) is 6.71. The van der Waals surface area contributed by atoms with Gasteiger partial charge in [-0.3, -0.25) is 9.78 Å². The number of rotatable bonds is 4.